The van der Waals surface area contributed by atoms with Gasteiger partial charge in [-0.15, -0.1) is 0 Å². The summed E-state index contributed by atoms with van der Waals surface area (Å²) in [5.41, 5.74) is 0. The fourth-order valence-corrected chi connectivity index (χ4v) is 2.63. The van der Waals surface area contributed by atoms with Crippen molar-refractivity contribution in [2.75, 3.05) is 19.7 Å². The van der Waals surface area contributed by atoms with Crippen molar-refractivity contribution in [2.24, 2.45) is 0 Å². The zero-order chi connectivity index (χ0) is 15.8. The second-order valence-corrected chi connectivity index (χ2v) is 6.07. The van der Waals surface area contributed by atoms with E-state index in [1.165, 1.54) is 64.2 Å². The molecule has 0 aliphatic rings. The van der Waals surface area contributed by atoms with Gasteiger partial charge < -0.3 is 10.0 Å². The number of carbonyl (C=O) groups is 1. The molecule has 4 heteroatoms. The maximum atomic E-state index is 11.7. The summed E-state index contributed by atoms with van der Waals surface area (Å²) in [7, 11) is 0. The van der Waals surface area contributed by atoms with E-state index in [0.717, 1.165) is 25.9 Å². The van der Waals surface area contributed by atoms with Crippen LogP contribution in [0.25, 0.3) is 0 Å². The maximum absolute atomic E-state index is 11.7. The van der Waals surface area contributed by atoms with Crippen LogP contribution in [0.3, 0.4) is 0 Å². The Hall–Kier alpha value is -0.180. The molecule has 0 saturated heterocycles. The number of carbonyl (C=O) groups excluding carboxylic acids is 1. The number of nitrogens with zero attached hydrogens (tertiary/aromatic N) is 1. The number of amides is 1. The van der Waals surface area contributed by atoms with Crippen LogP contribution >= 0.6 is 0 Å². The van der Waals surface area contributed by atoms with E-state index in [0.29, 0.717) is 0 Å². The van der Waals surface area contributed by atoms with Crippen LogP contribution in [0, 0.1) is 14.3 Å². The summed E-state index contributed by atoms with van der Waals surface area (Å²) in [6, 6.07) is 0. The van der Waals surface area contributed by atoms with E-state index in [4.69, 9.17) is 5.11 Å². The van der Waals surface area contributed by atoms with Crippen LogP contribution < -0.4 is 0 Å². The third-order valence-electron chi connectivity index (χ3n) is 4.05. The fourth-order valence-electron chi connectivity index (χ4n) is 2.63. The first kappa shape index (κ1) is 24.1. The van der Waals surface area contributed by atoms with Crippen LogP contribution in [-0.4, -0.2) is 35.6 Å². The molecular formula is C18H37AmNO2. The third kappa shape index (κ3) is 14.7. The van der Waals surface area contributed by atoms with E-state index in [1.54, 1.807) is 0 Å². The monoisotopic (exact) mass is 540 g/mol. The molecular weight excluding hydrogens is 505 g/mol. The molecule has 0 bridgehead atoms. The van der Waals surface area contributed by atoms with Crippen molar-refractivity contribution in [3.63, 3.8) is 0 Å². The molecule has 133 valence electrons. The average Bonchev–Trinajstić information content (AvgIpc) is 2.51. The zero-order valence-corrected chi connectivity index (χ0v) is 17.9. The predicted octanol–water partition coefficient (Wildman–Crippen LogP) is 4.53. The quantitative estimate of drug-likeness (QED) is 0.309. The van der Waals surface area contributed by atoms with Gasteiger partial charge in [0.1, 0.15) is 6.61 Å². The van der Waals surface area contributed by atoms with Crippen molar-refractivity contribution >= 4 is 5.91 Å². The van der Waals surface area contributed by atoms with Gasteiger partial charge in [0.15, 0.2) is 0 Å². The van der Waals surface area contributed by atoms with Gasteiger partial charge in [0.05, 0.1) is 0 Å². The predicted molar refractivity (Wildman–Crippen MR) is 90.4 cm³/mol. The Labute approximate surface area is 146 Å². The molecule has 0 spiro atoms. The van der Waals surface area contributed by atoms with E-state index in [2.05, 4.69) is 13.8 Å². The first-order valence-electron chi connectivity index (χ1n) is 9.14. The standard InChI is InChI=1S/C18H37NO2.Am/c1-3-5-7-9-11-13-15-19(18(21)17-20)16-14-12-10-8-6-4-2;/h20H,3-17H2,1-2H3;. The molecule has 0 saturated carbocycles. The molecule has 0 aliphatic heterocycles. The van der Waals surface area contributed by atoms with Gasteiger partial charge >= 0.3 is 0 Å². The normalized spacial score (nSPS) is 10.3. The molecule has 0 aromatic rings. The fraction of sp³-hybridized carbons (Fsp3) is 0.944. The number of unbranched alkanes of at least 4 members (excludes halogenated alkanes) is 10. The molecule has 0 aliphatic carbocycles. The van der Waals surface area contributed by atoms with Gasteiger partial charge in [-0.25, -0.2) is 0 Å². The van der Waals surface area contributed by atoms with Crippen molar-refractivity contribution in [1.29, 1.82) is 0 Å². The van der Waals surface area contributed by atoms with Gasteiger partial charge in [-0.05, 0) is 12.8 Å². The molecule has 0 atom stereocenters. The van der Waals surface area contributed by atoms with Crippen molar-refractivity contribution in [1.82, 2.24) is 4.90 Å². The van der Waals surface area contributed by atoms with Gasteiger partial charge in [-0.3, -0.25) is 4.79 Å². The average molecular weight is 542 g/mol. The van der Waals surface area contributed by atoms with Gasteiger partial charge in [-0.1, -0.05) is 78.1 Å². The first-order valence-corrected chi connectivity index (χ1v) is 9.14. The number of aliphatic hydroxyl groups excluding tert-OH is 1. The van der Waals surface area contributed by atoms with Crippen LogP contribution in [0.2, 0.25) is 0 Å². The largest absolute Gasteiger partial charge is 0.387 e. The Bertz CT molecular complexity index is 221. The molecule has 0 aromatic heterocycles. The zero-order valence-electron chi connectivity index (χ0n) is 14.8. The van der Waals surface area contributed by atoms with Crippen LogP contribution in [0.15, 0.2) is 0 Å². The maximum Gasteiger partial charge on any atom is 0.248 e. The van der Waals surface area contributed by atoms with Gasteiger partial charge in [0, 0.05) is 27.4 Å². The summed E-state index contributed by atoms with van der Waals surface area (Å²) in [6.45, 7) is 5.75. The SMILES string of the molecule is CCCCCCCCN(CCCCCCCC)C(=O)CO.[Am]. The van der Waals surface area contributed by atoms with Crippen LogP contribution in [-0.2, 0) is 4.79 Å². The molecule has 3 nitrogen and oxygen atoms in total. The summed E-state index contributed by atoms with van der Waals surface area (Å²) in [5, 5.41) is 9.06. The van der Waals surface area contributed by atoms with Gasteiger partial charge in [0.25, 0.3) is 0 Å². The Morgan fingerprint density at radius 1 is 0.727 bits per heavy atom. The second-order valence-electron chi connectivity index (χ2n) is 6.07. The molecule has 1 amide bonds. The molecule has 0 unspecified atom stereocenters. The summed E-state index contributed by atoms with van der Waals surface area (Å²) in [5.74, 6) is -0.0999. The van der Waals surface area contributed by atoms with Crippen molar-refractivity contribution in [2.45, 2.75) is 90.9 Å². The van der Waals surface area contributed by atoms with E-state index >= 15 is 0 Å². The minimum absolute atomic E-state index is 0. The molecule has 0 fully saturated rings. The minimum atomic E-state index is -0.342. The second kappa shape index (κ2) is 18.9. The topological polar surface area (TPSA) is 40.5 Å². The minimum Gasteiger partial charge on any atom is -0.387 e. The van der Waals surface area contributed by atoms with Gasteiger partial charge in [0.2, 0.25) is 5.91 Å². The van der Waals surface area contributed by atoms with E-state index in [-0.39, 0.29) is 26.8 Å². The Morgan fingerprint density at radius 2 is 1.09 bits per heavy atom. The Morgan fingerprint density at radius 3 is 1.45 bits per heavy atom. The van der Waals surface area contributed by atoms with E-state index < -0.39 is 0 Å². The number of aliphatic hydroxyl groups is 1. The number of hydrogen-bond donors (Lipinski definition) is 1. The van der Waals surface area contributed by atoms with Crippen molar-refractivity contribution in [3.05, 3.63) is 0 Å². The van der Waals surface area contributed by atoms with E-state index in [1.807, 2.05) is 4.90 Å². The van der Waals surface area contributed by atoms with Gasteiger partial charge in [-0.2, -0.15) is 0 Å². The smallest absolute Gasteiger partial charge is 0.248 e. The Kier molecular flexibility index (Phi) is 20.6. The van der Waals surface area contributed by atoms with Crippen molar-refractivity contribution < 1.29 is 24.2 Å². The molecule has 1 radical (unpaired) electrons. The third-order valence-corrected chi connectivity index (χ3v) is 4.05. The number of hydrogen-bond acceptors (Lipinski definition) is 2. The van der Waals surface area contributed by atoms with Crippen LogP contribution in [0.4, 0.5) is 0 Å². The van der Waals surface area contributed by atoms with Crippen LogP contribution in [0.5, 0.6) is 0 Å². The van der Waals surface area contributed by atoms with E-state index in [9.17, 15) is 4.79 Å². The molecule has 22 heavy (non-hydrogen) atoms. The van der Waals surface area contributed by atoms with Crippen molar-refractivity contribution in [3.8, 4) is 0 Å². The summed E-state index contributed by atoms with van der Waals surface area (Å²) < 4.78 is 0. The summed E-state index contributed by atoms with van der Waals surface area (Å²) in [6.07, 6.45) is 14.9. The summed E-state index contributed by atoms with van der Waals surface area (Å²) >= 11 is 0. The molecule has 1 N–H and O–H groups in total. The Balaban J connectivity index is 0. The molecule has 0 rings (SSSR count). The molecule has 0 aromatic carbocycles. The number of rotatable bonds is 15. The molecule has 0 heterocycles. The summed E-state index contributed by atoms with van der Waals surface area (Å²) in [4.78, 5) is 13.6. The first-order chi connectivity index (χ1) is 10.3. The van der Waals surface area contributed by atoms with Crippen LogP contribution in [0.1, 0.15) is 90.9 Å².